The van der Waals surface area contributed by atoms with Crippen LogP contribution in [-0.2, 0) is 26.2 Å². The Morgan fingerprint density at radius 1 is 0.944 bits per heavy atom. The van der Waals surface area contributed by atoms with Crippen molar-refractivity contribution < 1.29 is 22.7 Å². The molecule has 0 aliphatic rings. The van der Waals surface area contributed by atoms with Gasteiger partial charge in [-0.15, -0.1) is 0 Å². The third-order valence-corrected chi connectivity index (χ3v) is 6.86. The van der Waals surface area contributed by atoms with E-state index in [-0.39, 0.29) is 12.5 Å². The van der Waals surface area contributed by atoms with Crippen molar-refractivity contribution >= 4 is 39.1 Å². The van der Waals surface area contributed by atoms with Crippen LogP contribution >= 0.6 is 11.6 Å². The number of anilines is 1. The molecule has 1 N–H and O–H groups in total. The number of ether oxygens (including phenoxy) is 1. The first-order valence-electron chi connectivity index (χ1n) is 11.1. The van der Waals surface area contributed by atoms with Crippen LogP contribution in [0.15, 0.2) is 78.9 Å². The Bertz CT molecular complexity index is 1280. The van der Waals surface area contributed by atoms with Gasteiger partial charge in [0.1, 0.15) is 24.1 Å². The van der Waals surface area contributed by atoms with E-state index in [4.69, 9.17) is 16.3 Å². The first kappa shape index (κ1) is 27.0. The Kier molecular flexibility index (Phi) is 8.95. The van der Waals surface area contributed by atoms with Crippen LogP contribution in [0.4, 0.5) is 5.69 Å². The molecule has 10 heteroatoms. The molecule has 190 valence electrons. The van der Waals surface area contributed by atoms with Gasteiger partial charge >= 0.3 is 0 Å². The molecule has 0 radical (unpaired) electrons. The van der Waals surface area contributed by atoms with E-state index in [1.807, 2.05) is 18.2 Å². The normalized spacial score (nSPS) is 11.9. The Balaban J connectivity index is 1.84. The lowest BCUT2D eigenvalue weighted by molar-refractivity contribution is -0.139. The van der Waals surface area contributed by atoms with Crippen LogP contribution in [0.1, 0.15) is 12.5 Å². The third kappa shape index (κ3) is 7.22. The number of likely N-dealkylation sites (N-methyl/N-ethyl adjacent to an activating group) is 1. The number of para-hydroxylation sites is 1. The number of rotatable bonds is 10. The summed E-state index contributed by atoms with van der Waals surface area (Å²) in [6.07, 6.45) is 1.03. The molecular weight excluding hydrogens is 502 g/mol. The van der Waals surface area contributed by atoms with Gasteiger partial charge in [-0.2, -0.15) is 0 Å². The average Bonchev–Trinajstić information content (AvgIpc) is 2.86. The summed E-state index contributed by atoms with van der Waals surface area (Å²) < 4.78 is 32.1. The van der Waals surface area contributed by atoms with E-state index in [0.29, 0.717) is 22.2 Å². The molecule has 0 heterocycles. The SMILES string of the molecule is CNC(=O)[C@@H](C)N(Cc1ccc(Cl)cc1)C(=O)CN(c1ccc(Oc2ccccc2)cc1)S(C)(=O)=O. The number of sulfonamides is 1. The fourth-order valence-corrected chi connectivity index (χ4v) is 4.47. The predicted molar refractivity (Wildman–Crippen MR) is 141 cm³/mol. The second-order valence-electron chi connectivity index (χ2n) is 8.12. The molecule has 3 aromatic rings. The van der Waals surface area contributed by atoms with Crippen LogP contribution in [0.25, 0.3) is 0 Å². The second kappa shape index (κ2) is 11.9. The first-order valence-corrected chi connectivity index (χ1v) is 13.4. The molecule has 0 fully saturated rings. The lowest BCUT2D eigenvalue weighted by atomic mass is 10.1. The Morgan fingerprint density at radius 3 is 2.08 bits per heavy atom. The number of nitrogens with one attached hydrogen (secondary N) is 1. The maximum atomic E-state index is 13.4. The van der Waals surface area contributed by atoms with E-state index in [1.165, 1.54) is 11.9 Å². The number of benzene rings is 3. The number of hydrogen-bond donors (Lipinski definition) is 1. The molecule has 1 atom stereocenters. The van der Waals surface area contributed by atoms with Crippen molar-refractivity contribution in [3.05, 3.63) is 89.4 Å². The monoisotopic (exact) mass is 529 g/mol. The molecule has 0 unspecified atom stereocenters. The Hall–Kier alpha value is -3.56. The van der Waals surface area contributed by atoms with Crippen molar-refractivity contribution in [3.63, 3.8) is 0 Å². The van der Waals surface area contributed by atoms with Crippen molar-refractivity contribution in [1.29, 1.82) is 0 Å². The number of amides is 2. The Labute approximate surface area is 216 Å². The van der Waals surface area contributed by atoms with Crippen molar-refractivity contribution in [3.8, 4) is 11.5 Å². The maximum Gasteiger partial charge on any atom is 0.244 e. The number of halogens is 1. The fraction of sp³-hybridized carbons (Fsp3) is 0.231. The molecule has 0 bridgehead atoms. The van der Waals surface area contributed by atoms with Crippen molar-refractivity contribution in [2.45, 2.75) is 19.5 Å². The minimum atomic E-state index is -3.82. The lowest BCUT2D eigenvalue weighted by Crippen LogP contribution is -2.50. The first-order chi connectivity index (χ1) is 17.1. The molecule has 36 heavy (non-hydrogen) atoms. The third-order valence-electron chi connectivity index (χ3n) is 5.46. The van der Waals surface area contributed by atoms with Crippen LogP contribution in [-0.4, -0.2) is 51.0 Å². The summed E-state index contributed by atoms with van der Waals surface area (Å²) in [6, 6.07) is 21.6. The summed E-state index contributed by atoms with van der Waals surface area (Å²) in [6.45, 7) is 1.21. The number of nitrogens with zero attached hydrogens (tertiary/aromatic N) is 2. The smallest absolute Gasteiger partial charge is 0.244 e. The van der Waals surface area contributed by atoms with Crippen LogP contribution in [0.2, 0.25) is 5.02 Å². The lowest BCUT2D eigenvalue weighted by Gasteiger charge is -2.31. The molecule has 0 spiro atoms. The molecule has 3 aromatic carbocycles. The zero-order chi connectivity index (χ0) is 26.3. The topological polar surface area (TPSA) is 96.0 Å². The second-order valence-corrected chi connectivity index (χ2v) is 10.5. The van der Waals surface area contributed by atoms with Crippen molar-refractivity contribution in [1.82, 2.24) is 10.2 Å². The molecule has 0 saturated carbocycles. The number of carbonyl (C=O) groups excluding carboxylic acids is 2. The van der Waals surface area contributed by atoms with Gasteiger partial charge in [0, 0.05) is 18.6 Å². The highest BCUT2D eigenvalue weighted by molar-refractivity contribution is 7.92. The van der Waals surface area contributed by atoms with Crippen LogP contribution in [0.3, 0.4) is 0 Å². The highest BCUT2D eigenvalue weighted by Crippen LogP contribution is 2.26. The standard InChI is InChI=1S/C26H28ClN3O5S/c1-19(26(32)28-2)29(17-20-9-11-21(27)12-10-20)25(31)18-30(36(3,33)34)22-13-15-24(16-14-22)35-23-7-5-4-6-8-23/h4-16,19H,17-18H2,1-3H3,(H,28,32)/t19-/m1/s1. The van der Waals surface area contributed by atoms with Gasteiger partial charge in [-0.1, -0.05) is 41.9 Å². The van der Waals surface area contributed by atoms with E-state index in [0.717, 1.165) is 16.1 Å². The van der Waals surface area contributed by atoms with Gasteiger partial charge in [-0.05, 0) is 61.0 Å². The summed E-state index contributed by atoms with van der Waals surface area (Å²) in [5.74, 6) is 0.255. The number of hydrogen-bond acceptors (Lipinski definition) is 5. The predicted octanol–water partition coefficient (Wildman–Crippen LogP) is 4.06. The molecular formula is C26H28ClN3O5S. The zero-order valence-corrected chi connectivity index (χ0v) is 21.8. The highest BCUT2D eigenvalue weighted by Gasteiger charge is 2.29. The van der Waals surface area contributed by atoms with Crippen molar-refractivity contribution in [2.24, 2.45) is 0 Å². The molecule has 0 saturated heterocycles. The molecule has 8 nitrogen and oxygen atoms in total. The molecule has 0 aliphatic heterocycles. The fourth-order valence-electron chi connectivity index (χ4n) is 3.50. The van der Waals surface area contributed by atoms with Gasteiger partial charge in [-0.3, -0.25) is 13.9 Å². The molecule has 0 aliphatic carbocycles. The quantitative estimate of drug-likeness (QED) is 0.427. The average molecular weight is 530 g/mol. The van der Waals surface area contributed by atoms with Gasteiger partial charge in [-0.25, -0.2) is 8.42 Å². The summed E-state index contributed by atoms with van der Waals surface area (Å²) >= 11 is 5.96. The minimum absolute atomic E-state index is 0.103. The van der Waals surface area contributed by atoms with Gasteiger partial charge in [0.2, 0.25) is 21.8 Å². The number of carbonyl (C=O) groups is 2. The van der Waals surface area contributed by atoms with Crippen LogP contribution in [0, 0.1) is 0 Å². The zero-order valence-electron chi connectivity index (χ0n) is 20.2. The van der Waals surface area contributed by atoms with Crippen molar-refractivity contribution in [2.75, 3.05) is 24.2 Å². The highest BCUT2D eigenvalue weighted by atomic mass is 35.5. The van der Waals surface area contributed by atoms with Crippen LogP contribution < -0.4 is 14.4 Å². The summed E-state index contributed by atoms with van der Waals surface area (Å²) in [7, 11) is -2.34. The van der Waals surface area contributed by atoms with E-state index in [2.05, 4.69) is 5.32 Å². The Morgan fingerprint density at radius 2 is 1.53 bits per heavy atom. The van der Waals surface area contributed by atoms with E-state index < -0.39 is 28.5 Å². The van der Waals surface area contributed by atoms with Gasteiger partial charge < -0.3 is 15.0 Å². The molecule has 3 rings (SSSR count). The van der Waals surface area contributed by atoms with Gasteiger partial charge in [0.15, 0.2) is 0 Å². The summed E-state index contributed by atoms with van der Waals surface area (Å²) in [4.78, 5) is 27.1. The van der Waals surface area contributed by atoms with Crippen LogP contribution in [0.5, 0.6) is 11.5 Å². The van der Waals surface area contributed by atoms with Gasteiger partial charge in [0.25, 0.3) is 0 Å². The van der Waals surface area contributed by atoms with Gasteiger partial charge in [0.05, 0.1) is 11.9 Å². The summed E-state index contributed by atoms with van der Waals surface area (Å²) in [5.41, 5.74) is 1.04. The maximum absolute atomic E-state index is 13.4. The van der Waals surface area contributed by atoms with E-state index in [9.17, 15) is 18.0 Å². The molecule has 2 amide bonds. The van der Waals surface area contributed by atoms with E-state index >= 15 is 0 Å². The molecule has 0 aromatic heterocycles. The van der Waals surface area contributed by atoms with E-state index in [1.54, 1.807) is 67.6 Å². The minimum Gasteiger partial charge on any atom is -0.457 e. The summed E-state index contributed by atoms with van der Waals surface area (Å²) in [5, 5.41) is 3.08. The largest absolute Gasteiger partial charge is 0.457 e.